The number of carboxylic acid groups (broad SMARTS) is 1. The number of nitrogens with zero attached hydrogens (tertiary/aromatic N) is 3. The van der Waals surface area contributed by atoms with E-state index in [9.17, 15) is 9.59 Å². The highest BCUT2D eigenvalue weighted by molar-refractivity contribution is 6.02. The molecule has 0 saturated heterocycles. The van der Waals surface area contributed by atoms with Gasteiger partial charge in [0.15, 0.2) is 5.65 Å². The van der Waals surface area contributed by atoms with Crippen LogP contribution in [0.4, 0.5) is 0 Å². The van der Waals surface area contributed by atoms with Gasteiger partial charge in [-0.3, -0.25) is 4.79 Å². The van der Waals surface area contributed by atoms with Crippen molar-refractivity contribution in [2.75, 3.05) is 7.11 Å². The number of nitrogens with one attached hydrogen (secondary N) is 1. The number of carbonyl (C=O) groups is 1. The van der Waals surface area contributed by atoms with Crippen LogP contribution in [0.2, 0.25) is 0 Å². The minimum Gasteiger partial charge on any atom is -0.481 e. The van der Waals surface area contributed by atoms with E-state index in [1.807, 2.05) is 0 Å². The molecule has 8 nitrogen and oxygen atoms in total. The zero-order valence-corrected chi connectivity index (χ0v) is 10.2. The quantitative estimate of drug-likeness (QED) is 0.655. The van der Waals surface area contributed by atoms with Crippen LogP contribution in [0.3, 0.4) is 0 Å². The fraction of sp³-hybridized carbons (Fsp3) is 0.0833. The Morgan fingerprint density at radius 2 is 2.15 bits per heavy atom. The number of carboxylic acids is 1. The SMILES string of the molecule is COc1ccc2c(ncc3nc(C(=O)O)[nH]c(=O)c32)n1. The highest BCUT2D eigenvalue weighted by Gasteiger charge is 2.13. The highest BCUT2D eigenvalue weighted by atomic mass is 16.5. The number of aromatic amines is 1. The number of aromatic nitrogens is 4. The maximum atomic E-state index is 12.0. The second-order valence-electron chi connectivity index (χ2n) is 3.96. The highest BCUT2D eigenvalue weighted by Crippen LogP contribution is 2.20. The van der Waals surface area contributed by atoms with Gasteiger partial charge in [0.1, 0.15) is 0 Å². The lowest BCUT2D eigenvalue weighted by Gasteiger charge is -2.04. The third-order valence-electron chi connectivity index (χ3n) is 2.79. The van der Waals surface area contributed by atoms with Gasteiger partial charge in [-0.15, -0.1) is 0 Å². The third-order valence-corrected chi connectivity index (χ3v) is 2.79. The molecule has 3 aromatic heterocycles. The Hall–Kier alpha value is -3.03. The van der Waals surface area contributed by atoms with Crippen molar-refractivity contribution < 1.29 is 14.6 Å². The fourth-order valence-electron chi connectivity index (χ4n) is 1.91. The first-order valence-corrected chi connectivity index (χ1v) is 5.57. The minimum atomic E-state index is -1.31. The Morgan fingerprint density at radius 3 is 2.85 bits per heavy atom. The Morgan fingerprint density at radius 1 is 1.35 bits per heavy atom. The first-order chi connectivity index (χ1) is 9.60. The van der Waals surface area contributed by atoms with E-state index in [-0.39, 0.29) is 10.9 Å². The molecule has 8 heteroatoms. The smallest absolute Gasteiger partial charge is 0.372 e. The van der Waals surface area contributed by atoms with Gasteiger partial charge in [-0.1, -0.05) is 0 Å². The number of fused-ring (bicyclic) bond motifs is 3. The van der Waals surface area contributed by atoms with Gasteiger partial charge in [0.05, 0.1) is 24.2 Å². The topological polar surface area (TPSA) is 118 Å². The number of pyridine rings is 2. The Bertz CT molecular complexity index is 903. The number of ether oxygens (including phenoxy) is 1. The van der Waals surface area contributed by atoms with Crippen molar-refractivity contribution in [3.8, 4) is 5.88 Å². The lowest BCUT2D eigenvalue weighted by molar-refractivity contribution is 0.0683. The molecule has 0 spiro atoms. The summed E-state index contributed by atoms with van der Waals surface area (Å²) in [6.07, 6.45) is 1.31. The molecule has 0 fully saturated rings. The van der Waals surface area contributed by atoms with Gasteiger partial charge in [0.2, 0.25) is 11.7 Å². The monoisotopic (exact) mass is 272 g/mol. The second-order valence-corrected chi connectivity index (χ2v) is 3.96. The molecule has 0 amide bonds. The standard InChI is InChI=1S/C12H8N4O4/c1-20-7-3-2-5-8-6(4-13-9(5)15-7)14-10(12(18)19)16-11(8)17/h2-4H,1H3,(H,18,19)(H,14,16,17). The number of hydrogen-bond donors (Lipinski definition) is 2. The van der Waals surface area contributed by atoms with Crippen LogP contribution in [0.25, 0.3) is 21.9 Å². The summed E-state index contributed by atoms with van der Waals surface area (Å²) in [4.78, 5) is 37.1. The lowest BCUT2D eigenvalue weighted by atomic mass is 10.2. The van der Waals surface area contributed by atoms with Crippen LogP contribution < -0.4 is 10.3 Å². The van der Waals surface area contributed by atoms with E-state index in [1.54, 1.807) is 12.1 Å². The van der Waals surface area contributed by atoms with Crippen molar-refractivity contribution in [1.82, 2.24) is 19.9 Å². The molecule has 0 unspecified atom stereocenters. The summed E-state index contributed by atoms with van der Waals surface area (Å²) >= 11 is 0. The van der Waals surface area contributed by atoms with Crippen LogP contribution in [0.5, 0.6) is 5.88 Å². The van der Waals surface area contributed by atoms with Crippen LogP contribution in [0.1, 0.15) is 10.6 Å². The summed E-state index contributed by atoms with van der Waals surface area (Å²) in [5.74, 6) is -1.36. The lowest BCUT2D eigenvalue weighted by Crippen LogP contribution is -2.16. The molecule has 0 aliphatic carbocycles. The minimum absolute atomic E-state index is 0.200. The van der Waals surface area contributed by atoms with Gasteiger partial charge in [-0.05, 0) is 6.07 Å². The normalized spacial score (nSPS) is 10.8. The molecule has 0 aliphatic heterocycles. The molecule has 0 bridgehead atoms. The van der Waals surface area contributed by atoms with Gasteiger partial charge in [0, 0.05) is 11.5 Å². The van der Waals surface area contributed by atoms with E-state index < -0.39 is 17.4 Å². The Kier molecular flexibility index (Phi) is 2.56. The predicted molar refractivity (Wildman–Crippen MR) is 69.0 cm³/mol. The maximum Gasteiger partial charge on any atom is 0.372 e. The van der Waals surface area contributed by atoms with Crippen molar-refractivity contribution >= 4 is 27.9 Å². The van der Waals surface area contributed by atoms with E-state index in [0.29, 0.717) is 16.9 Å². The van der Waals surface area contributed by atoms with E-state index in [2.05, 4.69) is 19.9 Å². The number of H-pyrrole nitrogens is 1. The van der Waals surface area contributed by atoms with Gasteiger partial charge >= 0.3 is 5.97 Å². The first kappa shape index (κ1) is 12.0. The largest absolute Gasteiger partial charge is 0.481 e. The molecule has 0 aromatic carbocycles. The van der Waals surface area contributed by atoms with Gasteiger partial charge < -0.3 is 14.8 Å². The van der Waals surface area contributed by atoms with E-state index in [1.165, 1.54) is 13.3 Å². The first-order valence-electron chi connectivity index (χ1n) is 5.57. The third kappa shape index (κ3) is 1.74. The van der Waals surface area contributed by atoms with E-state index in [0.717, 1.165) is 0 Å². The summed E-state index contributed by atoms with van der Waals surface area (Å²) in [5, 5.41) is 9.59. The molecule has 0 saturated carbocycles. The average Bonchev–Trinajstić information content (AvgIpc) is 2.45. The van der Waals surface area contributed by atoms with E-state index >= 15 is 0 Å². The van der Waals surface area contributed by atoms with Crippen molar-refractivity contribution in [2.45, 2.75) is 0 Å². The van der Waals surface area contributed by atoms with Crippen molar-refractivity contribution in [3.63, 3.8) is 0 Å². The average molecular weight is 272 g/mol. The van der Waals surface area contributed by atoms with Crippen molar-refractivity contribution in [2.24, 2.45) is 0 Å². The molecular formula is C12H8N4O4. The molecule has 3 heterocycles. The van der Waals surface area contributed by atoms with Crippen LogP contribution in [-0.4, -0.2) is 38.1 Å². The van der Waals surface area contributed by atoms with E-state index in [4.69, 9.17) is 9.84 Å². The van der Waals surface area contributed by atoms with Crippen LogP contribution in [0, 0.1) is 0 Å². The molecule has 2 N–H and O–H groups in total. The zero-order valence-electron chi connectivity index (χ0n) is 10.2. The van der Waals surface area contributed by atoms with Crippen LogP contribution >= 0.6 is 0 Å². The number of hydrogen-bond acceptors (Lipinski definition) is 6. The van der Waals surface area contributed by atoms with Crippen molar-refractivity contribution in [1.29, 1.82) is 0 Å². The van der Waals surface area contributed by atoms with Gasteiger partial charge in [-0.2, -0.15) is 4.98 Å². The molecular weight excluding hydrogens is 264 g/mol. The molecule has 3 aromatic rings. The maximum absolute atomic E-state index is 12.0. The summed E-state index contributed by atoms with van der Waals surface area (Å²) in [5.41, 5.74) is -0.0235. The number of rotatable bonds is 2. The number of methoxy groups -OCH3 is 1. The Balaban J connectivity index is 2.43. The summed E-state index contributed by atoms with van der Waals surface area (Å²) in [6, 6.07) is 3.22. The number of aromatic carboxylic acids is 1. The molecule has 3 rings (SSSR count). The molecule has 0 atom stereocenters. The molecule has 100 valence electrons. The predicted octanol–water partition coefficient (Wildman–Crippen LogP) is 0.573. The summed E-state index contributed by atoms with van der Waals surface area (Å²) in [6.45, 7) is 0. The van der Waals surface area contributed by atoms with Crippen LogP contribution in [-0.2, 0) is 0 Å². The zero-order chi connectivity index (χ0) is 14.3. The summed E-state index contributed by atoms with van der Waals surface area (Å²) in [7, 11) is 1.47. The molecule has 20 heavy (non-hydrogen) atoms. The van der Waals surface area contributed by atoms with Gasteiger partial charge in [0.25, 0.3) is 5.56 Å². The van der Waals surface area contributed by atoms with Crippen molar-refractivity contribution in [3.05, 3.63) is 34.5 Å². The summed E-state index contributed by atoms with van der Waals surface area (Å²) < 4.78 is 4.98. The molecule has 0 radical (unpaired) electrons. The Labute approximate surface area is 111 Å². The van der Waals surface area contributed by atoms with Crippen LogP contribution in [0.15, 0.2) is 23.1 Å². The fourth-order valence-corrected chi connectivity index (χ4v) is 1.91. The van der Waals surface area contributed by atoms with Gasteiger partial charge in [-0.25, -0.2) is 14.8 Å². The molecule has 0 aliphatic rings. The second kappa shape index (κ2) is 4.26.